The number of amides is 2. The summed E-state index contributed by atoms with van der Waals surface area (Å²) >= 11 is 0. The molecule has 0 heterocycles. The van der Waals surface area contributed by atoms with Gasteiger partial charge in [-0.3, -0.25) is 9.59 Å². The van der Waals surface area contributed by atoms with E-state index < -0.39 is 12.0 Å². The Kier molecular flexibility index (Phi) is 37.9. The average molecular weight is 741 g/mol. The molecule has 0 saturated carbocycles. The van der Waals surface area contributed by atoms with Gasteiger partial charge in [0.15, 0.2) is 0 Å². The summed E-state index contributed by atoms with van der Waals surface area (Å²) in [5, 5.41) is 5.70. The zero-order chi connectivity index (χ0) is 39.4. The lowest BCUT2D eigenvalue weighted by atomic mass is 10.1. The number of unbranched alkanes of at least 4 members (excludes halogenated alkanes) is 1. The van der Waals surface area contributed by atoms with Gasteiger partial charge in [-0.1, -0.05) is 148 Å². The minimum absolute atomic E-state index is 0.00243. The van der Waals surface area contributed by atoms with Crippen molar-refractivity contribution in [3.8, 4) is 0 Å². The molecule has 0 fully saturated rings. The Morgan fingerprint density at radius 3 is 1.22 bits per heavy atom. The van der Waals surface area contributed by atoms with Gasteiger partial charge in [-0.15, -0.1) is 0 Å². The molecule has 0 spiro atoms. The van der Waals surface area contributed by atoms with Crippen molar-refractivity contribution in [3.63, 3.8) is 0 Å². The lowest BCUT2D eigenvalue weighted by Crippen LogP contribution is -2.42. The first-order valence-corrected chi connectivity index (χ1v) is 20.3. The zero-order valence-corrected chi connectivity index (χ0v) is 33.8. The fourth-order valence-corrected chi connectivity index (χ4v) is 4.88. The third-order valence-electron chi connectivity index (χ3n) is 7.88. The van der Waals surface area contributed by atoms with Crippen molar-refractivity contribution >= 4 is 17.8 Å². The molecule has 0 aliphatic carbocycles. The van der Waals surface area contributed by atoms with Crippen LogP contribution in [-0.4, -0.2) is 37.5 Å². The Morgan fingerprint density at radius 1 is 0.463 bits per heavy atom. The molecule has 2 N–H and O–H groups in total. The third kappa shape index (κ3) is 37.3. The molecule has 0 saturated heterocycles. The van der Waals surface area contributed by atoms with Gasteiger partial charge in [0, 0.05) is 19.4 Å². The van der Waals surface area contributed by atoms with E-state index in [9.17, 15) is 14.4 Å². The Hall–Kier alpha value is -4.45. The van der Waals surface area contributed by atoms with E-state index in [-0.39, 0.29) is 11.8 Å². The van der Waals surface area contributed by atoms with Crippen LogP contribution in [0.5, 0.6) is 0 Å². The lowest BCUT2D eigenvalue weighted by Gasteiger charge is -2.16. The molecule has 0 unspecified atom stereocenters. The number of hydrogen-bond donors (Lipinski definition) is 2. The fraction of sp³-hybridized carbons (Fsp3) is 0.479. The monoisotopic (exact) mass is 741 g/mol. The zero-order valence-electron chi connectivity index (χ0n) is 33.8. The van der Waals surface area contributed by atoms with E-state index in [1.165, 1.54) is 7.11 Å². The third-order valence-corrected chi connectivity index (χ3v) is 7.88. The van der Waals surface area contributed by atoms with Gasteiger partial charge in [-0.25, -0.2) is 4.79 Å². The van der Waals surface area contributed by atoms with Gasteiger partial charge in [0.25, 0.3) is 0 Å². The molecule has 6 heteroatoms. The maximum Gasteiger partial charge on any atom is 0.328 e. The van der Waals surface area contributed by atoms with Gasteiger partial charge in [0.05, 0.1) is 7.11 Å². The molecule has 0 aromatic carbocycles. The molecule has 0 bridgehead atoms. The number of ether oxygens (including phenoxy) is 1. The van der Waals surface area contributed by atoms with Gasteiger partial charge in [0.2, 0.25) is 11.8 Å². The Labute approximate surface area is 329 Å². The predicted octanol–water partition coefficient (Wildman–Crippen LogP) is 11.9. The number of nitrogens with one attached hydrogen (secondary N) is 2. The van der Waals surface area contributed by atoms with Crippen molar-refractivity contribution < 1.29 is 19.1 Å². The summed E-state index contributed by atoms with van der Waals surface area (Å²) in [6, 6.07) is -0.722. The number of allylic oxidation sites excluding steroid dienone is 22. The highest BCUT2D eigenvalue weighted by Gasteiger charge is 2.20. The molecular formula is C48H72N2O4. The smallest absolute Gasteiger partial charge is 0.328 e. The summed E-state index contributed by atoms with van der Waals surface area (Å²) in [6.45, 7) is 4.74. The van der Waals surface area contributed by atoms with Gasteiger partial charge < -0.3 is 15.4 Å². The minimum atomic E-state index is -0.722. The summed E-state index contributed by atoms with van der Waals surface area (Å²) in [4.78, 5) is 36.9. The molecule has 0 aromatic heterocycles. The van der Waals surface area contributed by atoms with E-state index in [1.54, 1.807) is 0 Å². The topological polar surface area (TPSA) is 84.5 Å². The largest absolute Gasteiger partial charge is 0.467 e. The van der Waals surface area contributed by atoms with Gasteiger partial charge in [-0.2, -0.15) is 0 Å². The number of methoxy groups -OCH3 is 1. The summed E-state index contributed by atoms with van der Waals surface area (Å²) in [7, 11) is 1.32. The number of carbonyl (C=O) groups excluding carboxylic acids is 3. The maximum atomic E-state index is 12.5. The first-order chi connectivity index (χ1) is 26.5. The van der Waals surface area contributed by atoms with Crippen LogP contribution >= 0.6 is 0 Å². The van der Waals surface area contributed by atoms with Crippen LogP contribution in [0.1, 0.15) is 129 Å². The minimum Gasteiger partial charge on any atom is -0.467 e. The highest BCUT2D eigenvalue weighted by Crippen LogP contribution is 2.04. The maximum absolute atomic E-state index is 12.5. The van der Waals surface area contributed by atoms with Crippen LogP contribution in [0.4, 0.5) is 0 Å². The van der Waals surface area contributed by atoms with Crippen LogP contribution < -0.4 is 10.6 Å². The summed E-state index contributed by atoms with van der Waals surface area (Å²) in [6.07, 6.45) is 62.2. The fourth-order valence-electron chi connectivity index (χ4n) is 4.88. The van der Waals surface area contributed by atoms with E-state index in [0.29, 0.717) is 38.6 Å². The van der Waals surface area contributed by atoms with Crippen molar-refractivity contribution in [1.29, 1.82) is 0 Å². The standard InChI is InChI=1S/C48H72N2O4/c1-4-6-8-10-12-14-16-18-20-22-23-25-27-29-31-33-35-37-39-43-47(52)50-45(48(53)54-3)41-40-44-49-46(51)42-38-36-34-32-30-28-26-24-21-19-17-15-13-11-9-7-5-2/h6-9,12-15,18-21,23,25-26,28-29,31-32,34-35,37,45H,4-5,10-11,16-17,22,24,27,30,33,36,38-44H2,1-3H3,(H,49,51)(H,50,52)/b8-6-,9-7-,14-12-,15-13-,20-18-,21-19-,25-23-,28-26-,31-29-,34-32-,37-35-/t45-/m0/s1. The lowest BCUT2D eigenvalue weighted by molar-refractivity contribution is -0.145. The van der Waals surface area contributed by atoms with E-state index in [1.807, 2.05) is 12.2 Å². The van der Waals surface area contributed by atoms with Crippen molar-refractivity contribution in [1.82, 2.24) is 10.6 Å². The van der Waals surface area contributed by atoms with Crippen LogP contribution in [0.15, 0.2) is 134 Å². The highest BCUT2D eigenvalue weighted by molar-refractivity contribution is 5.84. The van der Waals surface area contributed by atoms with Crippen LogP contribution in [-0.2, 0) is 19.1 Å². The van der Waals surface area contributed by atoms with E-state index in [0.717, 1.165) is 83.5 Å². The normalized spacial score (nSPS) is 13.5. The van der Waals surface area contributed by atoms with Gasteiger partial charge in [0.1, 0.15) is 6.04 Å². The Morgan fingerprint density at radius 2 is 0.833 bits per heavy atom. The SMILES string of the molecule is CC/C=C\C/C=C\C/C=C\C/C=C\C/C=C\C/C=C\CCC(=O)N[C@@H](CCCNC(=O)CCC/C=C\C/C=C\C/C=C\C/C=C\C/C=C\CC)C(=O)OC. The van der Waals surface area contributed by atoms with Crippen LogP contribution in [0, 0.1) is 0 Å². The van der Waals surface area contributed by atoms with E-state index in [4.69, 9.17) is 4.74 Å². The molecule has 0 aliphatic rings. The number of esters is 1. The molecule has 54 heavy (non-hydrogen) atoms. The molecule has 0 rings (SSSR count). The summed E-state index contributed by atoms with van der Waals surface area (Å²) < 4.78 is 4.89. The number of rotatable bonds is 33. The molecule has 0 radical (unpaired) electrons. The Bertz CT molecular complexity index is 1270. The molecular weight excluding hydrogens is 669 g/mol. The highest BCUT2D eigenvalue weighted by atomic mass is 16.5. The number of carbonyl (C=O) groups is 3. The quantitative estimate of drug-likeness (QED) is 0.0399. The summed E-state index contributed by atoms with van der Waals surface area (Å²) in [5.74, 6) is -0.665. The summed E-state index contributed by atoms with van der Waals surface area (Å²) in [5.41, 5.74) is 0. The molecule has 298 valence electrons. The van der Waals surface area contributed by atoms with Gasteiger partial charge >= 0.3 is 5.97 Å². The second kappa shape index (κ2) is 41.3. The van der Waals surface area contributed by atoms with Crippen molar-refractivity contribution in [2.75, 3.05) is 13.7 Å². The second-order valence-corrected chi connectivity index (χ2v) is 12.7. The van der Waals surface area contributed by atoms with Crippen molar-refractivity contribution in [2.45, 2.75) is 135 Å². The molecule has 0 aliphatic heterocycles. The van der Waals surface area contributed by atoms with Crippen LogP contribution in [0.25, 0.3) is 0 Å². The van der Waals surface area contributed by atoms with Crippen molar-refractivity contribution in [3.05, 3.63) is 134 Å². The predicted molar refractivity (Wildman–Crippen MR) is 232 cm³/mol. The average Bonchev–Trinajstić information content (AvgIpc) is 3.17. The second-order valence-electron chi connectivity index (χ2n) is 12.7. The first kappa shape index (κ1) is 49.6. The molecule has 0 aromatic rings. The Balaban J connectivity index is 4.01. The molecule has 2 amide bonds. The van der Waals surface area contributed by atoms with Gasteiger partial charge in [-0.05, 0) is 103 Å². The van der Waals surface area contributed by atoms with E-state index >= 15 is 0 Å². The van der Waals surface area contributed by atoms with Crippen LogP contribution in [0.2, 0.25) is 0 Å². The molecule has 6 nitrogen and oxygen atoms in total. The van der Waals surface area contributed by atoms with Crippen LogP contribution in [0.3, 0.4) is 0 Å². The van der Waals surface area contributed by atoms with E-state index in [2.05, 4.69) is 146 Å². The molecule has 1 atom stereocenters. The number of hydrogen-bond acceptors (Lipinski definition) is 4. The van der Waals surface area contributed by atoms with Crippen molar-refractivity contribution in [2.24, 2.45) is 0 Å². The first-order valence-electron chi connectivity index (χ1n) is 20.3.